The summed E-state index contributed by atoms with van der Waals surface area (Å²) < 4.78 is 0. The van der Waals surface area contributed by atoms with E-state index in [-0.39, 0.29) is 47.3 Å². The van der Waals surface area contributed by atoms with E-state index in [2.05, 4.69) is 10.6 Å². The summed E-state index contributed by atoms with van der Waals surface area (Å²) in [5.41, 5.74) is 0.789. The molecule has 4 rings (SSSR count). The number of thiophene rings is 1. The van der Waals surface area contributed by atoms with Crippen LogP contribution in [0.2, 0.25) is 0 Å². The van der Waals surface area contributed by atoms with Crippen molar-refractivity contribution in [3.05, 3.63) is 47.3 Å². The summed E-state index contributed by atoms with van der Waals surface area (Å²) in [4.78, 5) is 70.5. The van der Waals surface area contributed by atoms with E-state index in [1.165, 1.54) is 18.3 Å². The quantitative estimate of drug-likeness (QED) is 0.457. The molecule has 1 aromatic carbocycles. The van der Waals surface area contributed by atoms with Crippen LogP contribution in [0.25, 0.3) is 10.4 Å². The van der Waals surface area contributed by atoms with E-state index in [1.54, 1.807) is 15.9 Å². The Kier molecular flexibility index (Phi) is 9.55. The number of ketones is 1. The van der Waals surface area contributed by atoms with Gasteiger partial charge in [0.25, 0.3) is 5.91 Å². The number of hydrogen-bond acceptors (Lipinski definition) is 6. The average molecular weight is 595 g/mol. The third kappa shape index (κ3) is 7.27. The van der Waals surface area contributed by atoms with Crippen LogP contribution in [0.15, 0.2) is 42.5 Å². The van der Waals surface area contributed by atoms with Crippen molar-refractivity contribution >= 4 is 40.7 Å². The number of hydrogen-bond donors (Lipinski definition) is 2. The van der Waals surface area contributed by atoms with Gasteiger partial charge in [0.1, 0.15) is 18.1 Å². The monoisotopic (exact) mass is 594 g/mol. The zero-order valence-electron chi connectivity index (χ0n) is 25.3. The summed E-state index contributed by atoms with van der Waals surface area (Å²) in [6.07, 6.45) is 1.31. The third-order valence-corrected chi connectivity index (χ3v) is 8.81. The lowest BCUT2D eigenvalue weighted by Crippen LogP contribution is -2.53. The second kappa shape index (κ2) is 12.8. The highest BCUT2D eigenvalue weighted by Gasteiger charge is 2.53. The van der Waals surface area contributed by atoms with Gasteiger partial charge in [-0.3, -0.25) is 24.0 Å². The van der Waals surface area contributed by atoms with Gasteiger partial charge in [-0.25, -0.2) is 0 Å². The largest absolute Gasteiger partial charge is 0.345 e. The third-order valence-electron chi connectivity index (χ3n) is 7.68. The fraction of sp³-hybridized carbons (Fsp3) is 0.531. The topological polar surface area (TPSA) is 116 Å². The van der Waals surface area contributed by atoms with Gasteiger partial charge in [-0.1, -0.05) is 65.0 Å². The van der Waals surface area contributed by atoms with Crippen molar-refractivity contribution < 1.29 is 24.0 Å². The maximum absolute atomic E-state index is 13.9. The minimum Gasteiger partial charge on any atom is -0.345 e. The van der Waals surface area contributed by atoms with E-state index >= 15 is 0 Å². The number of Topliss-reactive ketones (excluding diaryl/α,β-unsaturated/α-hetero) is 1. The van der Waals surface area contributed by atoms with Crippen molar-refractivity contribution in [2.45, 2.75) is 85.0 Å². The molecular weight excluding hydrogens is 552 g/mol. The smallest absolute Gasteiger partial charge is 0.262 e. The molecule has 10 heteroatoms. The first-order chi connectivity index (χ1) is 19.7. The van der Waals surface area contributed by atoms with E-state index < -0.39 is 24.2 Å². The molecule has 1 aromatic heterocycles. The first-order valence-electron chi connectivity index (χ1n) is 14.6. The van der Waals surface area contributed by atoms with Gasteiger partial charge in [0, 0.05) is 18.3 Å². The maximum Gasteiger partial charge on any atom is 0.262 e. The number of rotatable bonds is 9. The summed E-state index contributed by atoms with van der Waals surface area (Å²) in [5.74, 6) is -1.32. The number of carbonyl (C=O) groups is 5. The molecule has 2 fully saturated rings. The van der Waals surface area contributed by atoms with Crippen LogP contribution in [0.3, 0.4) is 0 Å². The van der Waals surface area contributed by atoms with E-state index in [9.17, 15) is 24.0 Å². The Morgan fingerprint density at radius 3 is 2.24 bits per heavy atom. The van der Waals surface area contributed by atoms with Crippen LogP contribution in [-0.2, 0) is 19.2 Å². The molecular formula is C32H42N4O5S. The number of nitrogens with zero attached hydrogens (tertiary/aromatic N) is 2. The number of fused-ring (bicyclic) bond motifs is 1. The number of likely N-dealkylation sites (tertiary alicyclic amines) is 2. The van der Waals surface area contributed by atoms with Crippen LogP contribution < -0.4 is 10.6 Å². The van der Waals surface area contributed by atoms with Gasteiger partial charge < -0.3 is 20.4 Å². The highest BCUT2D eigenvalue weighted by molar-refractivity contribution is 7.17. The van der Waals surface area contributed by atoms with Gasteiger partial charge in [-0.2, -0.15) is 0 Å². The molecule has 2 aliphatic rings. The molecule has 3 heterocycles. The first kappa shape index (κ1) is 31.4. The van der Waals surface area contributed by atoms with Crippen LogP contribution in [0.1, 0.15) is 70.5 Å². The predicted molar refractivity (Wildman–Crippen MR) is 163 cm³/mol. The lowest BCUT2D eigenvalue weighted by molar-refractivity contribution is -0.138. The fourth-order valence-corrected chi connectivity index (χ4v) is 6.87. The Morgan fingerprint density at radius 1 is 0.952 bits per heavy atom. The Hall–Kier alpha value is -3.53. The SMILES string of the molecule is CC(=O)NC(CC(C)(C)C)C(=O)N1CC(=O)C2C1CCN2C(=O)C(CC(C)C)NC(=O)c1ccc(-c2ccccc2)s1. The molecule has 2 N–H and O–H groups in total. The zero-order valence-corrected chi connectivity index (χ0v) is 26.1. The van der Waals surface area contributed by atoms with Crippen LogP contribution in [0.4, 0.5) is 0 Å². The number of carbonyl (C=O) groups excluding carboxylic acids is 5. The van der Waals surface area contributed by atoms with Crippen LogP contribution in [0.5, 0.6) is 0 Å². The van der Waals surface area contributed by atoms with Crippen LogP contribution >= 0.6 is 11.3 Å². The van der Waals surface area contributed by atoms with Gasteiger partial charge in [-0.15, -0.1) is 11.3 Å². The highest BCUT2D eigenvalue weighted by atomic mass is 32.1. The Morgan fingerprint density at radius 2 is 1.62 bits per heavy atom. The molecule has 226 valence electrons. The van der Waals surface area contributed by atoms with Gasteiger partial charge in [0.15, 0.2) is 5.78 Å². The molecule has 2 saturated heterocycles. The van der Waals surface area contributed by atoms with Crippen molar-refractivity contribution in [3.8, 4) is 10.4 Å². The lowest BCUT2D eigenvalue weighted by Gasteiger charge is -2.31. The summed E-state index contributed by atoms with van der Waals surface area (Å²) >= 11 is 1.36. The molecule has 0 saturated carbocycles. The van der Waals surface area contributed by atoms with Crippen molar-refractivity contribution in [3.63, 3.8) is 0 Å². The minimum absolute atomic E-state index is 0.100. The standard InChI is InChI=1S/C32H42N4O5S/c1-19(2)16-22(34-29(39)27-13-12-26(42-27)21-10-8-7-9-11-21)30(40)35-15-14-24-28(35)25(38)18-36(24)31(41)23(33-20(3)37)17-32(4,5)6/h7-13,19,22-24,28H,14-18H2,1-6H3,(H,33,37)(H,34,39). The second-order valence-corrected chi connectivity index (χ2v) is 14.1. The van der Waals surface area contributed by atoms with Crippen molar-refractivity contribution in [2.75, 3.05) is 13.1 Å². The van der Waals surface area contributed by atoms with Crippen molar-refractivity contribution in [1.82, 2.24) is 20.4 Å². The molecule has 0 spiro atoms. The van der Waals surface area contributed by atoms with Crippen molar-refractivity contribution in [1.29, 1.82) is 0 Å². The number of amides is 4. The van der Waals surface area contributed by atoms with E-state index in [4.69, 9.17) is 0 Å². The summed E-state index contributed by atoms with van der Waals surface area (Å²) in [6, 6.07) is 10.7. The molecule has 4 unspecified atom stereocenters. The summed E-state index contributed by atoms with van der Waals surface area (Å²) in [7, 11) is 0. The molecule has 2 aliphatic heterocycles. The molecule has 0 aliphatic carbocycles. The molecule has 2 aromatic rings. The van der Waals surface area contributed by atoms with E-state index in [0.29, 0.717) is 30.7 Å². The molecule has 0 radical (unpaired) electrons. The molecule has 42 heavy (non-hydrogen) atoms. The van der Waals surface area contributed by atoms with Crippen LogP contribution in [0, 0.1) is 11.3 Å². The maximum atomic E-state index is 13.9. The highest BCUT2D eigenvalue weighted by Crippen LogP contribution is 2.33. The first-order valence-corrected chi connectivity index (χ1v) is 15.4. The molecule has 9 nitrogen and oxygen atoms in total. The summed E-state index contributed by atoms with van der Waals surface area (Å²) in [6.45, 7) is 11.5. The normalized spacial score (nSPS) is 19.9. The van der Waals surface area contributed by atoms with E-state index in [1.807, 2.05) is 71.0 Å². The van der Waals surface area contributed by atoms with E-state index in [0.717, 1.165) is 10.4 Å². The lowest BCUT2D eigenvalue weighted by atomic mass is 9.87. The van der Waals surface area contributed by atoms with Gasteiger partial charge in [0.2, 0.25) is 17.7 Å². The Balaban J connectivity index is 1.49. The molecule has 4 atom stereocenters. The number of nitrogens with one attached hydrogen (secondary N) is 2. The zero-order chi connectivity index (χ0) is 30.8. The minimum atomic E-state index is -0.802. The molecule has 0 bridgehead atoms. The van der Waals surface area contributed by atoms with Gasteiger partial charge in [-0.05, 0) is 48.3 Å². The molecule has 4 amide bonds. The Bertz CT molecular complexity index is 1330. The van der Waals surface area contributed by atoms with Gasteiger partial charge in [0.05, 0.1) is 17.5 Å². The predicted octanol–water partition coefficient (Wildman–Crippen LogP) is 3.88. The average Bonchev–Trinajstić information content (AvgIpc) is 3.64. The fourth-order valence-electron chi connectivity index (χ4n) is 5.96. The van der Waals surface area contributed by atoms with Crippen LogP contribution in [-0.4, -0.2) is 76.5 Å². The Labute approximate surface area is 252 Å². The van der Waals surface area contributed by atoms with Crippen molar-refractivity contribution in [2.24, 2.45) is 11.3 Å². The number of benzene rings is 1. The summed E-state index contributed by atoms with van der Waals surface area (Å²) in [5, 5.41) is 5.70. The second-order valence-electron chi connectivity index (χ2n) is 13.0. The van der Waals surface area contributed by atoms with Gasteiger partial charge >= 0.3 is 0 Å².